The smallest absolute Gasteiger partial charge is 0.0777 e. The van der Waals surface area contributed by atoms with E-state index in [1.165, 1.54) is 0 Å². The molecule has 0 unspecified atom stereocenters. The monoisotopic (exact) mass is 305 g/mol. The molecule has 2 atom stereocenters. The Kier molecular flexibility index (Phi) is 7.73. The standard InChI is InChI=1S/C14H21Cl2NO2/c1-2-5-17-8-11(6-12(19)9-18)10-3-4-13(15)14(16)7-10/h3-4,7,11-12,17-19H,2,5-6,8-9H2,1H3/t11-,12+/m0/s1. The van der Waals surface area contributed by atoms with E-state index in [4.69, 9.17) is 28.3 Å². The Balaban J connectivity index is 2.78. The van der Waals surface area contributed by atoms with Crippen LogP contribution in [0.25, 0.3) is 0 Å². The Hall–Kier alpha value is -0.320. The van der Waals surface area contributed by atoms with Crippen LogP contribution in [-0.4, -0.2) is 36.0 Å². The fraction of sp³-hybridized carbons (Fsp3) is 0.571. The van der Waals surface area contributed by atoms with Crippen LogP contribution in [0.2, 0.25) is 10.0 Å². The van der Waals surface area contributed by atoms with Gasteiger partial charge in [0.2, 0.25) is 0 Å². The molecule has 0 aliphatic heterocycles. The lowest BCUT2D eigenvalue weighted by Gasteiger charge is -2.21. The molecule has 5 heteroatoms. The van der Waals surface area contributed by atoms with Crippen molar-refractivity contribution in [2.24, 2.45) is 0 Å². The summed E-state index contributed by atoms with van der Waals surface area (Å²) in [4.78, 5) is 0. The third-order valence-electron chi connectivity index (χ3n) is 3.00. The Bertz CT molecular complexity index is 388. The van der Waals surface area contributed by atoms with Gasteiger partial charge in [-0.2, -0.15) is 0 Å². The van der Waals surface area contributed by atoms with E-state index in [1.54, 1.807) is 6.07 Å². The van der Waals surface area contributed by atoms with Crippen LogP contribution in [0.1, 0.15) is 31.2 Å². The zero-order valence-electron chi connectivity index (χ0n) is 11.1. The quantitative estimate of drug-likeness (QED) is 0.647. The van der Waals surface area contributed by atoms with Crippen molar-refractivity contribution in [2.75, 3.05) is 19.7 Å². The molecule has 0 heterocycles. The summed E-state index contributed by atoms with van der Waals surface area (Å²) >= 11 is 11.9. The number of nitrogens with one attached hydrogen (secondary N) is 1. The Morgan fingerprint density at radius 2 is 2.00 bits per heavy atom. The molecule has 1 rings (SSSR count). The van der Waals surface area contributed by atoms with E-state index in [0.717, 1.165) is 25.1 Å². The fourth-order valence-corrected chi connectivity index (χ4v) is 2.27. The van der Waals surface area contributed by atoms with E-state index in [-0.39, 0.29) is 12.5 Å². The molecule has 0 aliphatic rings. The Labute approximate surface area is 124 Å². The molecule has 0 saturated heterocycles. The minimum atomic E-state index is -0.720. The first-order valence-electron chi connectivity index (χ1n) is 6.53. The van der Waals surface area contributed by atoms with E-state index >= 15 is 0 Å². The number of halogens is 2. The zero-order valence-corrected chi connectivity index (χ0v) is 12.6. The van der Waals surface area contributed by atoms with Gasteiger partial charge in [-0.15, -0.1) is 0 Å². The van der Waals surface area contributed by atoms with Crippen LogP contribution in [0.15, 0.2) is 18.2 Å². The molecule has 0 aliphatic carbocycles. The first kappa shape index (κ1) is 16.7. The van der Waals surface area contributed by atoms with E-state index in [2.05, 4.69) is 12.2 Å². The molecule has 1 aromatic rings. The van der Waals surface area contributed by atoms with Crippen LogP contribution in [0.4, 0.5) is 0 Å². The zero-order chi connectivity index (χ0) is 14.3. The topological polar surface area (TPSA) is 52.5 Å². The van der Waals surface area contributed by atoms with Crippen LogP contribution >= 0.6 is 23.2 Å². The van der Waals surface area contributed by atoms with Crippen molar-refractivity contribution in [2.45, 2.75) is 31.8 Å². The molecule has 1 aromatic carbocycles. The average Bonchev–Trinajstić information content (AvgIpc) is 2.40. The summed E-state index contributed by atoms with van der Waals surface area (Å²) in [7, 11) is 0. The van der Waals surface area contributed by atoms with E-state index < -0.39 is 6.10 Å². The van der Waals surface area contributed by atoms with Crippen molar-refractivity contribution in [1.29, 1.82) is 0 Å². The van der Waals surface area contributed by atoms with E-state index in [0.29, 0.717) is 16.5 Å². The second-order valence-electron chi connectivity index (χ2n) is 4.65. The van der Waals surface area contributed by atoms with Crippen molar-refractivity contribution < 1.29 is 10.2 Å². The van der Waals surface area contributed by atoms with Gasteiger partial charge in [0, 0.05) is 6.54 Å². The number of rotatable bonds is 8. The second-order valence-corrected chi connectivity index (χ2v) is 5.46. The molecule has 19 heavy (non-hydrogen) atoms. The average molecular weight is 306 g/mol. The Morgan fingerprint density at radius 1 is 1.26 bits per heavy atom. The highest BCUT2D eigenvalue weighted by molar-refractivity contribution is 6.42. The predicted octanol–water partition coefficient (Wildman–Crippen LogP) is 2.82. The van der Waals surface area contributed by atoms with Crippen molar-refractivity contribution in [3.8, 4) is 0 Å². The first-order chi connectivity index (χ1) is 9.08. The summed E-state index contributed by atoms with van der Waals surface area (Å²) in [5.41, 5.74) is 1.02. The molecule has 3 N–H and O–H groups in total. The van der Waals surface area contributed by atoms with Gasteiger partial charge in [-0.1, -0.05) is 36.2 Å². The fourth-order valence-electron chi connectivity index (χ4n) is 1.96. The van der Waals surface area contributed by atoms with Gasteiger partial charge in [0.05, 0.1) is 22.8 Å². The third kappa shape index (κ3) is 5.67. The maximum absolute atomic E-state index is 9.63. The summed E-state index contributed by atoms with van der Waals surface area (Å²) in [5, 5.41) is 23.0. The van der Waals surface area contributed by atoms with Crippen molar-refractivity contribution >= 4 is 23.2 Å². The predicted molar refractivity (Wildman–Crippen MR) is 80.1 cm³/mol. The molecule has 0 aromatic heterocycles. The second kappa shape index (κ2) is 8.77. The van der Waals surface area contributed by atoms with E-state index in [1.807, 2.05) is 12.1 Å². The van der Waals surface area contributed by atoms with Crippen LogP contribution in [0, 0.1) is 0 Å². The minimum absolute atomic E-state index is 0.100. The van der Waals surface area contributed by atoms with Crippen LogP contribution < -0.4 is 5.32 Å². The van der Waals surface area contributed by atoms with Gasteiger partial charge in [-0.05, 0) is 43.0 Å². The highest BCUT2D eigenvalue weighted by Gasteiger charge is 2.17. The molecule has 0 spiro atoms. The summed E-state index contributed by atoms with van der Waals surface area (Å²) in [6, 6.07) is 5.50. The summed E-state index contributed by atoms with van der Waals surface area (Å²) in [5.74, 6) is 0.100. The van der Waals surface area contributed by atoms with Crippen LogP contribution in [0.3, 0.4) is 0 Å². The van der Waals surface area contributed by atoms with Gasteiger partial charge in [0.1, 0.15) is 0 Å². The van der Waals surface area contributed by atoms with Gasteiger partial charge in [-0.25, -0.2) is 0 Å². The molecule has 0 saturated carbocycles. The normalized spacial score (nSPS) is 14.4. The summed E-state index contributed by atoms with van der Waals surface area (Å²) < 4.78 is 0. The molecule has 0 radical (unpaired) electrons. The number of aliphatic hydroxyl groups is 2. The largest absolute Gasteiger partial charge is 0.394 e. The highest BCUT2D eigenvalue weighted by Crippen LogP contribution is 2.28. The molecule has 0 amide bonds. The summed E-state index contributed by atoms with van der Waals surface area (Å²) in [6.45, 7) is 3.53. The molecule has 3 nitrogen and oxygen atoms in total. The SMILES string of the molecule is CCCNC[C@H](C[C@@H](O)CO)c1ccc(Cl)c(Cl)c1. The van der Waals surface area contributed by atoms with Gasteiger partial charge < -0.3 is 15.5 Å². The van der Waals surface area contributed by atoms with Crippen molar-refractivity contribution in [1.82, 2.24) is 5.32 Å². The Morgan fingerprint density at radius 3 is 2.58 bits per heavy atom. The molecular formula is C14H21Cl2NO2. The first-order valence-corrected chi connectivity index (χ1v) is 7.28. The van der Waals surface area contributed by atoms with Gasteiger partial charge >= 0.3 is 0 Å². The van der Waals surface area contributed by atoms with Crippen LogP contribution in [0.5, 0.6) is 0 Å². The number of aliphatic hydroxyl groups excluding tert-OH is 2. The lowest BCUT2D eigenvalue weighted by Crippen LogP contribution is -2.26. The van der Waals surface area contributed by atoms with Gasteiger partial charge in [-0.3, -0.25) is 0 Å². The molecule has 0 bridgehead atoms. The lowest BCUT2D eigenvalue weighted by atomic mass is 9.93. The maximum Gasteiger partial charge on any atom is 0.0777 e. The number of benzene rings is 1. The molecule has 0 fully saturated rings. The van der Waals surface area contributed by atoms with Crippen LogP contribution in [-0.2, 0) is 0 Å². The number of hydrogen-bond acceptors (Lipinski definition) is 3. The van der Waals surface area contributed by atoms with Crippen molar-refractivity contribution in [3.05, 3.63) is 33.8 Å². The number of hydrogen-bond donors (Lipinski definition) is 3. The maximum atomic E-state index is 9.63. The minimum Gasteiger partial charge on any atom is -0.394 e. The lowest BCUT2D eigenvalue weighted by molar-refractivity contribution is 0.0820. The van der Waals surface area contributed by atoms with Crippen molar-refractivity contribution in [3.63, 3.8) is 0 Å². The highest BCUT2D eigenvalue weighted by atomic mass is 35.5. The van der Waals surface area contributed by atoms with Gasteiger partial charge in [0.25, 0.3) is 0 Å². The van der Waals surface area contributed by atoms with Gasteiger partial charge in [0.15, 0.2) is 0 Å². The summed E-state index contributed by atoms with van der Waals surface area (Å²) in [6.07, 6.45) is 0.824. The molecular weight excluding hydrogens is 285 g/mol. The van der Waals surface area contributed by atoms with E-state index in [9.17, 15) is 5.11 Å². The third-order valence-corrected chi connectivity index (χ3v) is 3.74. The molecule has 108 valence electrons.